The van der Waals surface area contributed by atoms with Crippen LogP contribution in [0.25, 0.3) is 16.6 Å². The first-order chi connectivity index (χ1) is 15.3. The Labute approximate surface area is 187 Å². The summed E-state index contributed by atoms with van der Waals surface area (Å²) in [4.78, 5) is 12.3. The predicted molar refractivity (Wildman–Crippen MR) is 114 cm³/mol. The highest BCUT2D eigenvalue weighted by Gasteiger charge is 2.45. The van der Waals surface area contributed by atoms with Crippen LogP contribution in [0.15, 0.2) is 48.7 Å². The third kappa shape index (κ3) is 3.95. The molecule has 9 nitrogen and oxygen atoms in total. The number of hydrogen-bond donors (Lipinski definition) is 4. The van der Waals surface area contributed by atoms with E-state index in [0.717, 1.165) is 0 Å². The van der Waals surface area contributed by atoms with E-state index in [1.165, 1.54) is 7.11 Å². The largest absolute Gasteiger partial charge is 0.465 e. The molecule has 0 saturated carbocycles. The predicted octanol–water partition coefficient (Wildman–Crippen LogP) is 1.25. The smallest absolute Gasteiger partial charge is 0.339 e. The molecule has 1 fully saturated rings. The third-order valence-corrected chi connectivity index (χ3v) is 5.63. The minimum Gasteiger partial charge on any atom is -0.465 e. The zero-order valence-corrected chi connectivity index (χ0v) is 17.7. The van der Waals surface area contributed by atoms with Crippen LogP contribution >= 0.6 is 11.6 Å². The van der Waals surface area contributed by atoms with Gasteiger partial charge in [0.2, 0.25) is 6.29 Å². The Balaban J connectivity index is 1.79. The van der Waals surface area contributed by atoms with E-state index in [1.807, 2.05) is 0 Å². The number of halogens is 1. The van der Waals surface area contributed by atoms with E-state index in [1.54, 1.807) is 53.2 Å². The van der Waals surface area contributed by atoms with E-state index in [4.69, 9.17) is 25.8 Å². The Morgan fingerprint density at radius 1 is 1.12 bits per heavy atom. The molecular formula is C22H22ClNO8. The molecule has 5 atom stereocenters. The summed E-state index contributed by atoms with van der Waals surface area (Å²) in [6, 6.07) is 11.9. The lowest BCUT2D eigenvalue weighted by atomic mass is 9.99. The monoisotopic (exact) mass is 463 g/mol. The normalized spacial score (nSPS) is 25.6. The molecular weight excluding hydrogens is 442 g/mol. The van der Waals surface area contributed by atoms with Crippen LogP contribution in [0.5, 0.6) is 5.75 Å². The van der Waals surface area contributed by atoms with Gasteiger partial charge in [0.05, 0.1) is 36.7 Å². The fraction of sp³-hybridized carbons (Fsp3) is 0.318. The van der Waals surface area contributed by atoms with Crippen molar-refractivity contribution in [2.45, 2.75) is 30.7 Å². The quantitative estimate of drug-likeness (QED) is 0.416. The van der Waals surface area contributed by atoms with E-state index in [0.29, 0.717) is 27.2 Å². The molecule has 0 unspecified atom stereocenters. The molecule has 1 aliphatic heterocycles. The van der Waals surface area contributed by atoms with E-state index in [9.17, 15) is 25.2 Å². The molecule has 2 aromatic carbocycles. The average molecular weight is 464 g/mol. The number of hydrogen-bond acceptors (Lipinski definition) is 8. The van der Waals surface area contributed by atoms with Crippen LogP contribution in [0.4, 0.5) is 0 Å². The van der Waals surface area contributed by atoms with Crippen molar-refractivity contribution in [1.29, 1.82) is 0 Å². The second-order valence-electron chi connectivity index (χ2n) is 7.35. The van der Waals surface area contributed by atoms with Gasteiger partial charge in [-0.15, -0.1) is 0 Å². The van der Waals surface area contributed by atoms with Crippen molar-refractivity contribution in [3.05, 3.63) is 59.2 Å². The van der Waals surface area contributed by atoms with Gasteiger partial charge in [-0.05, 0) is 30.3 Å². The van der Waals surface area contributed by atoms with Crippen LogP contribution in [-0.4, -0.2) is 75.4 Å². The van der Waals surface area contributed by atoms with E-state index in [-0.39, 0.29) is 5.75 Å². The molecule has 1 saturated heterocycles. The lowest BCUT2D eigenvalue weighted by molar-refractivity contribution is -0.277. The SMILES string of the molecule is COC(=O)c1ccccc1-n1cc(O[C@H]2O[C@H](CO)[C@H](O)[C@H](O)[C@H]2O)c2ccc(Cl)cc21. The van der Waals surface area contributed by atoms with Crippen molar-refractivity contribution in [3.8, 4) is 11.4 Å². The summed E-state index contributed by atoms with van der Waals surface area (Å²) in [5, 5.41) is 40.8. The highest BCUT2D eigenvalue weighted by molar-refractivity contribution is 6.31. The van der Waals surface area contributed by atoms with Crippen molar-refractivity contribution in [2.75, 3.05) is 13.7 Å². The van der Waals surface area contributed by atoms with Gasteiger partial charge in [-0.3, -0.25) is 0 Å². The summed E-state index contributed by atoms with van der Waals surface area (Å²) in [7, 11) is 1.29. The Hall–Kier alpha value is -2.66. The average Bonchev–Trinajstić information content (AvgIpc) is 3.15. The van der Waals surface area contributed by atoms with Gasteiger partial charge in [0.1, 0.15) is 30.2 Å². The molecule has 2 heterocycles. The van der Waals surface area contributed by atoms with Gasteiger partial charge in [-0.1, -0.05) is 23.7 Å². The van der Waals surface area contributed by atoms with Gasteiger partial charge in [0.15, 0.2) is 0 Å². The molecule has 0 amide bonds. The summed E-state index contributed by atoms with van der Waals surface area (Å²) in [6.07, 6.45) is -5.53. The van der Waals surface area contributed by atoms with Gasteiger partial charge in [-0.25, -0.2) is 4.79 Å². The fourth-order valence-electron chi connectivity index (χ4n) is 3.72. The Kier molecular flexibility index (Phi) is 6.38. The number of esters is 1. The second-order valence-corrected chi connectivity index (χ2v) is 7.79. The number of benzene rings is 2. The summed E-state index contributed by atoms with van der Waals surface area (Å²) in [5.41, 5.74) is 1.43. The molecule has 10 heteroatoms. The second kappa shape index (κ2) is 9.07. The number of aliphatic hydroxyl groups excluding tert-OH is 4. The van der Waals surface area contributed by atoms with Gasteiger partial charge in [-0.2, -0.15) is 0 Å². The molecule has 170 valence electrons. The summed E-state index contributed by atoms with van der Waals surface area (Å²) < 4.78 is 17.9. The lowest BCUT2D eigenvalue weighted by Crippen LogP contribution is -2.60. The molecule has 0 aliphatic carbocycles. The van der Waals surface area contributed by atoms with Gasteiger partial charge < -0.3 is 39.2 Å². The van der Waals surface area contributed by atoms with Gasteiger partial charge in [0, 0.05) is 10.4 Å². The van der Waals surface area contributed by atoms with Gasteiger partial charge in [0.25, 0.3) is 0 Å². The number of aromatic nitrogens is 1. The summed E-state index contributed by atoms with van der Waals surface area (Å²) >= 11 is 6.21. The molecule has 0 bridgehead atoms. The maximum absolute atomic E-state index is 12.3. The van der Waals surface area contributed by atoms with Crippen LogP contribution in [0.3, 0.4) is 0 Å². The Morgan fingerprint density at radius 2 is 1.88 bits per heavy atom. The lowest BCUT2D eigenvalue weighted by Gasteiger charge is -2.39. The first kappa shape index (κ1) is 22.5. The molecule has 1 aliphatic rings. The van der Waals surface area contributed by atoms with Gasteiger partial charge >= 0.3 is 5.97 Å². The van der Waals surface area contributed by atoms with E-state index < -0.39 is 43.3 Å². The molecule has 1 aromatic heterocycles. The first-order valence-corrected chi connectivity index (χ1v) is 10.2. The number of fused-ring (bicyclic) bond motifs is 1. The molecule has 32 heavy (non-hydrogen) atoms. The maximum atomic E-state index is 12.3. The highest BCUT2D eigenvalue weighted by Crippen LogP contribution is 2.35. The van der Waals surface area contributed by atoms with Crippen molar-refractivity contribution in [1.82, 2.24) is 4.57 Å². The highest BCUT2D eigenvalue weighted by atomic mass is 35.5. The van der Waals surface area contributed by atoms with Crippen molar-refractivity contribution < 1.29 is 39.4 Å². The molecule has 3 aromatic rings. The number of aliphatic hydroxyl groups is 4. The summed E-state index contributed by atoms with van der Waals surface area (Å²) in [6.45, 7) is -0.575. The zero-order valence-electron chi connectivity index (χ0n) is 17.0. The van der Waals surface area contributed by atoms with Crippen molar-refractivity contribution in [3.63, 3.8) is 0 Å². The van der Waals surface area contributed by atoms with Crippen LogP contribution < -0.4 is 4.74 Å². The topological polar surface area (TPSA) is 131 Å². The zero-order chi connectivity index (χ0) is 23.0. The van der Waals surface area contributed by atoms with Crippen LogP contribution in [0.2, 0.25) is 5.02 Å². The van der Waals surface area contributed by atoms with Crippen molar-refractivity contribution in [2.24, 2.45) is 0 Å². The number of para-hydroxylation sites is 1. The Morgan fingerprint density at radius 3 is 2.59 bits per heavy atom. The summed E-state index contributed by atoms with van der Waals surface area (Å²) in [5.74, 6) is -0.262. The molecule has 0 spiro atoms. The molecule has 0 radical (unpaired) electrons. The fourth-order valence-corrected chi connectivity index (χ4v) is 3.88. The van der Waals surface area contributed by atoms with Crippen molar-refractivity contribution >= 4 is 28.5 Å². The van der Waals surface area contributed by atoms with Crippen LogP contribution in [-0.2, 0) is 9.47 Å². The standard InChI is InChI=1S/C22H22ClNO8/c1-30-21(29)13-4-2-3-5-14(13)24-9-16(12-7-6-11(23)8-15(12)24)31-22-20(28)19(27)18(26)17(10-25)32-22/h2-9,17-20,22,25-28H,10H2,1H3/t17-,18+,19+,20-,22+/m1/s1. The molecule has 4 N–H and O–H groups in total. The number of methoxy groups -OCH3 is 1. The van der Waals surface area contributed by atoms with Crippen LogP contribution in [0.1, 0.15) is 10.4 Å². The Bertz CT molecular complexity index is 1130. The number of rotatable bonds is 5. The third-order valence-electron chi connectivity index (χ3n) is 5.39. The first-order valence-electron chi connectivity index (χ1n) is 9.81. The maximum Gasteiger partial charge on any atom is 0.339 e. The van der Waals surface area contributed by atoms with E-state index >= 15 is 0 Å². The number of nitrogens with zero attached hydrogens (tertiary/aromatic N) is 1. The van der Waals surface area contributed by atoms with E-state index in [2.05, 4.69) is 0 Å². The number of carbonyl (C=O) groups is 1. The molecule has 4 rings (SSSR count). The number of ether oxygens (including phenoxy) is 3. The number of carbonyl (C=O) groups excluding carboxylic acids is 1. The minimum atomic E-state index is -1.58. The minimum absolute atomic E-state index is 0.265. The van der Waals surface area contributed by atoms with Crippen LogP contribution in [0, 0.1) is 0 Å².